The highest BCUT2D eigenvalue weighted by Crippen LogP contribution is 2.34. The monoisotopic (exact) mass is 260 g/mol. The van der Waals surface area contributed by atoms with Gasteiger partial charge in [-0.1, -0.05) is 17.4 Å². The van der Waals surface area contributed by atoms with Crippen LogP contribution in [0.2, 0.25) is 0 Å². The zero-order valence-corrected chi connectivity index (χ0v) is 11.1. The Morgan fingerprint density at radius 3 is 3.06 bits per heavy atom. The Hall–Kier alpha value is -1.62. The summed E-state index contributed by atoms with van der Waals surface area (Å²) in [5, 5.41) is 13.5. The van der Waals surface area contributed by atoms with Gasteiger partial charge in [-0.15, -0.1) is 10.2 Å². The maximum Gasteiger partial charge on any atom is 0.206 e. The maximum absolute atomic E-state index is 5.84. The van der Waals surface area contributed by atoms with Crippen molar-refractivity contribution < 1.29 is 0 Å². The molecule has 1 atom stereocenters. The standard InChI is InChI=1S/C13H16N4S/c1-8-16-17-13(18-8)15-12-4-2-3-9-7-10(14)5-6-11(9)12/h5-7,12H,2-4,14H2,1H3,(H,15,17). The molecule has 18 heavy (non-hydrogen) atoms. The van der Waals surface area contributed by atoms with Crippen LogP contribution in [0, 0.1) is 6.92 Å². The number of aryl methyl sites for hydroxylation is 2. The third-order valence-electron chi connectivity index (χ3n) is 3.31. The van der Waals surface area contributed by atoms with E-state index in [4.69, 9.17) is 5.73 Å². The Balaban J connectivity index is 1.87. The number of aromatic nitrogens is 2. The minimum absolute atomic E-state index is 0.335. The Morgan fingerprint density at radius 2 is 2.28 bits per heavy atom. The van der Waals surface area contributed by atoms with Gasteiger partial charge in [0.15, 0.2) is 0 Å². The summed E-state index contributed by atoms with van der Waals surface area (Å²) in [7, 11) is 0. The van der Waals surface area contributed by atoms with Crippen molar-refractivity contribution in [3.8, 4) is 0 Å². The molecule has 1 aromatic heterocycles. The van der Waals surface area contributed by atoms with Gasteiger partial charge in [0.2, 0.25) is 5.13 Å². The number of fused-ring (bicyclic) bond motifs is 1. The van der Waals surface area contributed by atoms with E-state index in [9.17, 15) is 0 Å². The molecule has 3 N–H and O–H groups in total. The summed E-state index contributed by atoms with van der Waals surface area (Å²) in [4.78, 5) is 0. The van der Waals surface area contributed by atoms with E-state index >= 15 is 0 Å². The third-order valence-corrected chi connectivity index (χ3v) is 4.08. The van der Waals surface area contributed by atoms with Crippen molar-refractivity contribution in [3.63, 3.8) is 0 Å². The number of hydrogen-bond donors (Lipinski definition) is 2. The molecular formula is C13H16N4S. The van der Waals surface area contributed by atoms with Crippen LogP contribution in [0.3, 0.4) is 0 Å². The van der Waals surface area contributed by atoms with E-state index in [0.717, 1.165) is 28.7 Å². The van der Waals surface area contributed by atoms with Gasteiger partial charge in [-0.05, 0) is 49.4 Å². The van der Waals surface area contributed by atoms with Gasteiger partial charge in [0.25, 0.3) is 0 Å². The minimum Gasteiger partial charge on any atom is -0.399 e. The quantitative estimate of drug-likeness (QED) is 0.815. The van der Waals surface area contributed by atoms with Gasteiger partial charge in [-0.2, -0.15) is 0 Å². The molecule has 94 valence electrons. The first-order valence-corrected chi connectivity index (χ1v) is 6.99. The van der Waals surface area contributed by atoms with Crippen LogP contribution in [0.4, 0.5) is 10.8 Å². The lowest BCUT2D eigenvalue weighted by molar-refractivity contribution is 0.599. The molecule has 0 amide bonds. The molecule has 0 spiro atoms. The van der Waals surface area contributed by atoms with E-state index in [1.54, 1.807) is 11.3 Å². The summed E-state index contributed by atoms with van der Waals surface area (Å²) < 4.78 is 0. The second-order valence-corrected chi connectivity index (χ2v) is 5.86. The first-order chi connectivity index (χ1) is 8.72. The topological polar surface area (TPSA) is 63.8 Å². The number of nitrogens with zero attached hydrogens (tertiary/aromatic N) is 2. The van der Waals surface area contributed by atoms with Crippen molar-refractivity contribution in [1.29, 1.82) is 0 Å². The molecule has 4 nitrogen and oxygen atoms in total. The fourth-order valence-electron chi connectivity index (χ4n) is 2.49. The average Bonchev–Trinajstić information content (AvgIpc) is 2.75. The summed E-state index contributed by atoms with van der Waals surface area (Å²) in [5.74, 6) is 0. The van der Waals surface area contributed by atoms with E-state index in [-0.39, 0.29) is 0 Å². The van der Waals surface area contributed by atoms with Gasteiger partial charge < -0.3 is 11.1 Å². The summed E-state index contributed by atoms with van der Waals surface area (Å²) in [6.45, 7) is 1.97. The molecule has 0 radical (unpaired) electrons. The number of hydrogen-bond acceptors (Lipinski definition) is 5. The van der Waals surface area contributed by atoms with Crippen LogP contribution in [0.1, 0.15) is 35.0 Å². The lowest BCUT2D eigenvalue weighted by atomic mass is 9.87. The number of rotatable bonds is 2. The first kappa shape index (κ1) is 11.5. The Kier molecular flexibility index (Phi) is 2.91. The predicted molar refractivity (Wildman–Crippen MR) is 74.8 cm³/mol. The molecular weight excluding hydrogens is 244 g/mol. The molecule has 1 unspecified atom stereocenters. The number of nitrogens with two attached hydrogens (primary N) is 1. The van der Waals surface area contributed by atoms with Crippen LogP contribution in [-0.4, -0.2) is 10.2 Å². The number of benzene rings is 1. The molecule has 2 aromatic rings. The minimum atomic E-state index is 0.335. The van der Waals surface area contributed by atoms with Crippen molar-refractivity contribution in [1.82, 2.24) is 10.2 Å². The van der Waals surface area contributed by atoms with Crippen LogP contribution in [-0.2, 0) is 6.42 Å². The van der Waals surface area contributed by atoms with Gasteiger partial charge in [0, 0.05) is 5.69 Å². The lowest BCUT2D eigenvalue weighted by Gasteiger charge is -2.26. The van der Waals surface area contributed by atoms with E-state index in [0.29, 0.717) is 6.04 Å². The number of nitrogens with one attached hydrogen (secondary N) is 1. The highest BCUT2D eigenvalue weighted by Gasteiger charge is 2.21. The Labute approximate surface area is 110 Å². The van der Waals surface area contributed by atoms with E-state index in [1.807, 2.05) is 13.0 Å². The highest BCUT2D eigenvalue weighted by molar-refractivity contribution is 7.15. The predicted octanol–water partition coefficient (Wildman–Crippen LogP) is 2.92. The molecule has 0 aliphatic heterocycles. The van der Waals surface area contributed by atoms with Gasteiger partial charge in [-0.3, -0.25) is 0 Å². The van der Waals surface area contributed by atoms with Crippen LogP contribution < -0.4 is 11.1 Å². The summed E-state index contributed by atoms with van der Waals surface area (Å²) in [6.07, 6.45) is 3.44. The zero-order valence-electron chi connectivity index (χ0n) is 10.3. The SMILES string of the molecule is Cc1nnc(NC2CCCc3cc(N)ccc32)s1. The zero-order chi connectivity index (χ0) is 12.5. The van der Waals surface area contributed by atoms with Crippen LogP contribution in [0.25, 0.3) is 0 Å². The van der Waals surface area contributed by atoms with E-state index in [1.165, 1.54) is 17.5 Å². The second kappa shape index (κ2) is 4.57. The van der Waals surface area contributed by atoms with E-state index < -0.39 is 0 Å². The van der Waals surface area contributed by atoms with Crippen LogP contribution in [0.15, 0.2) is 18.2 Å². The number of nitrogen functional groups attached to an aromatic ring is 1. The number of anilines is 2. The van der Waals surface area contributed by atoms with Crippen molar-refractivity contribution in [2.75, 3.05) is 11.1 Å². The Bertz CT molecular complexity index is 564. The van der Waals surface area contributed by atoms with Crippen molar-refractivity contribution >= 4 is 22.2 Å². The summed E-state index contributed by atoms with van der Waals surface area (Å²) in [6, 6.07) is 6.54. The van der Waals surface area contributed by atoms with Gasteiger partial charge in [0.05, 0.1) is 6.04 Å². The summed E-state index contributed by atoms with van der Waals surface area (Å²) >= 11 is 1.60. The second-order valence-electron chi connectivity index (χ2n) is 4.67. The fraction of sp³-hybridized carbons (Fsp3) is 0.385. The molecule has 1 heterocycles. The van der Waals surface area contributed by atoms with Crippen molar-refractivity contribution in [2.24, 2.45) is 0 Å². The molecule has 1 aliphatic rings. The van der Waals surface area contributed by atoms with E-state index in [2.05, 4.69) is 27.6 Å². The molecule has 0 saturated heterocycles. The molecule has 0 fully saturated rings. The van der Waals surface area contributed by atoms with Crippen molar-refractivity contribution in [2.45, 2.75) is 32.2 Å². The lowest BCUT2D eigenvalue weighted by Crippen LogP contribution is -2.17. The fourth-order valence-corrected chi connectivity index (χ4v) is 3.13. The highest BCUT2D eigenvalue weighted by atomic mass is 32.1. The molecule has 0 saturated carbocycles. The van der Waals surface area contributed by atoms with Crippen LogP contribution >= 0.6 is 11.3 Å². The van der Waals surface area contributed by atoms with Gasteiger partial charge in [-0.25, -0.2) is 0 Å². The first-order valence-electron chi connectivity index (χ1n) is 6.17. The molecule has 1 aromatic carbocycles. The average molecular weight is 260 g/mol. The largest absolute Gasteiger partial charge is 0.399 e. The van der Waals surface area contributed by atoms with Crippen LogP contribution in [0.5, 0.6) is 0 Å². The summed E-state index contributed by atoms with van der Waals surface area (Å²) in [5.41, 5.74) is 9.40. The molecule has 1 aliphatic carbocycles. The van der Waals surface area contributed by atoms with Gasteiger partial charge >= 0.3 is 0 Å². The molecule has 0 bridgehead atoms. The normalized spacial score (nSPS) is 18.4. The third kappa shape index (κ3) is 2.18. The van der Waals surface area contributed by atoms with Gasteiger partial charge in [0.1, 0.15) is 5.01 Å². The van der Waals surface area contributed by atoms with Crippen molar-refractivity contribution in [3.05, 3.63) is 34.3 Å². The Morgan fingerprint density at radius 1 is 1.39 bits per heavy atom. The molecule has 3 rings (SSSR count). The maximum atomic E-state index is 5.84. The molecule has 5 heteroatoms. The smallest absolute Gasteiger partial charge is 0.206 e.